The number of hydrogen-bond acceptors (Lipinski definition) is 2. The van der Waals surface area contributed by atoms with Crippen LogP contribution in [0.3, 0.4) is 0 Å². The molecule has 17 heavy (non-hydrogen) atoms. The molecule has 1 aliphatic carbocycles. The van der Waals surface area contributed by atoms with Crippen LogP contribution in [0.1, 0.15) is 47.5 Å². The zero-order chi connectivity index (χ0) is 13.1. The highest BCUT2D eigenvalue weighted by atomic mass is 16.5. The maximum absolute atomic E-state index is 10.8. The molecule has 0 aromatic carbocycles. The Bertz CT molecular complexity index is 337. The molecule has 1 rings (SSSR count). The van der Waals surface area contributed by atoms with Crippen LogP contribution in [-0.2, 0) is 9.53 Å². The quantitative estimate of drug-likeness (QED) is 0.549. The van der Waals surface area contributed by atoms with Gasteiger partial charge in [-0.3, -0.25) is 4.79 Å². The first-order valence-electron chi connectivity index (χ1n) is 6.35. The van der Waals surface area contributed by atoms with Crippen molar-refractivity contribution in [3.8, 4) is 0 Å². The lowest BCUT2D eigenvalue weighted by molar-refractivity contribution is -0.143. The molecule has 0 aliphatic heterocycles. The van der Waals surface area contributed by atoms with E-state index in [4.69, 9.17) is 4.74 Å². The van der Waals surface area contributed by atoms with Crippen molar-refractivity contribution in [3.63, 3.8) is 0 Å². The zero-order valence-electron chi connectivity index (χ0n) is 11.6. The third-order valence-electron chi connectivity index (χ3n) is 3.51. The van der Waals surface area contributed by atoms with Crippen molar-refractivity contribution in [2.45, 2.75) is 53.6 Å². The highest BCUT2D eigenvalue weighted by Crippen LogP contribution is 2.41. The second-order valence-electron chi connectivity index (χ2n) is 5.65. The molecule has 1 aliphatic rings. The topological polar surface area (TPSA) is 26.3 Å². The molecular weight excluding hydrogens is 212 g/mol. The maximum Gasteiger partial charge on any atom is 0.303 e. The number of carbonyl (C=O) groups is 1. The van der Waals surface area contributed by atoms with Crippen LogP contribution >= 0.6 is 0 Å². The van der Waals surface area contributed by atoms with Gasteiger partial charge in [-0.1, -0.05) is 31.6 Å². The van der Waals surface area contributed by atoms with Gasteiger partial charge in [0.1, 0.15) is 6.10 Å². The molecule has 0 spiro atoms. The Morgan fingerprint density at radius 1 is 1.59 bits per heavy atom. The van der Waals surface area contributed by atoms with E-state index in [1.54, 1.807) is 0 Å². The first-order valence-corrected chi connectivity index (χ1v) is 6.35. The summed E-state index contributed by atoms with van der Waals surface area (Å²) in [6.07, 6.45) is 8.74. The largest absolute Gasteiger partial charge is 0.459 e. The number of rotatable bonds is 3. The molecule has 0 fully saturated rings. The fourth-order valence-corrected chi connectivity index (χ4v) is 2.55. The summed E-state index contributed by atoms with van der Waals surface area (Å²) in [7, 11) is 0. The first kappa shape index (κ1) is 14.0. The minimum atomic E-state index is -0.225. The summed E-state index contributed by atoms with van der Waals surface area (Å²) in [5.41, 5.74) is 1.72. The SMILES string of the molecule is CC(=O)O[C@H](C)/C=C\[C@H]1C(C)=CCCC1(C)C. The van der Waals surface area contributed by atoms with Gasteiger partial charge in [-0.15, -0.1) is 0 Å². The highest BCUT2D eigenvalue weighted by molar-refractivity contribution is 5.66. The predicted molar refractivity (Wildman–Crippen MR) is 70.6 cm³/mol. The van der Waals surface area contributed by atoms with Crippen LogP contribution < -0.4 is 0 Å². The van der Waals surface area contributed by atoms with Gasteiger partial charge in [0.25, 0.3) is 0 Å². The Morgan fingerprint density at radius 3 is 2.76 bits per heavy atom. The molecule has 0 aromatic rings. The summed E-state index contributed by atoms with van der Waals surface area (Å²) >= 11 is 0. The van der Waals surface area contributed by atoms with Gasteiger partial charge in [0.15, 0.2) is 0 Å². The summed E-state index contributed by atoms with van der Waals surface area (Å²) in [5.74, 6) is 0.228. The Labute approximate surface area is 105 Å². The van der Waals surface area contributed by atoms with Gasteiger partial charge in [-0.05, 0) is 38.2 Å². The van der Waals surface area contributed by atoms with Gasteiger partial charge in [-0.2, -0.15) is 0 Å². The predicted octanol–water partition coefficient (Wildman–Crippen LogP) is 3.88. The fraction of sp³-hybridized carbons (Fsp3) is 0.667. The average molecular weight is 236 g/mol. The smallest absolute Gasteiger partial charge is 0.303 e. The minimum Gasteiger partial charge on any atom is -0.459 e. The number of allylic oxidation sites excluding steroid dienone is 3. The number of esters is 1. The van der Waals surface area contributed by atoms with E-state index in [0.29, 0.717) is 11.3 Å². The van der Waals surface area contributed by atoms with Crippen LogP contribution in [0.15, 0.2) is 23.8 Å². The fourth-order valence-electron chi connectivity index (χ4n) is 2.55. The monoisotopic (exact) mass is 236 g/mol. The second kappa shape index (κ2) is 5.52. The molecule has 0 aromatic heterocycles. The standard InChI is InChI=1S/C15H24O2/c1-11-7-6-10-15(4,5)14(11)9-8-12(2)17-13(3)16/h7-9,12,14H,6,10H2,1-5H3/b9-8-/t12-,14+/m1/s1. The van der Waals surface area contributed by atoms with Crippen molar-refractivity contribution in [2.24, 2.45) is 11.3 Å². The van der Waals surface area contributed by atoms with E-state index in [-0.39, 0.29) is 12.1 Å². The van der Waals surface area contributed by atoms with Gasteiger partial charge < -0.3 is 4.74 Å². The molecule has 0 saturated carbocycles. The van der Waals surface area contributed by atoms with E-state index in [1.165, 1.54) is 25.3 Å². The maximum atomic E-state index is 10.8. The van der Waals surface area contributed by atoms with Crippen LogP contribution in [0.5, 0.6) is 0 Å². The van der Waals surface area contributed by atoms with E-state index in [2.05, 4.69) is 32.9 Å². The molecule has 96 valence electrons. The van der Waals surface area contributed by atoms with Crippen molar-refractivity contribution >= 4 is 5.97 Å². The van der Waals surface area contributed by atoms with E-state index < -0.39 is 0 Å². The lowest BCUT2D eigenvalue weighted by Gasteiger charge is -2.36. The summed E-state index contributed by atoms with van der Waals surface area (Å²) < 4.78 is 5.10. The average Bonchev–Trinajstić information content (AvgIpc) is 2.14. The normalized spacial score (nSPS) is 25.5. The molecule has 2 heteroatoms. The molecule has 0 saturated heterocycles. The lowest BCUT2D eigenvalue weighted by atomic mass is 9.68. The molecule has 2 atom stereocenters. The number of ether oxygens (including phenoxy) is 1. The van der Waals surface area contributed by atoms with Gasteiger partial charge in [-0.25, -0.2) is 0 Å². The highest BCUT2D eigenvalue weighted by Gasteiger charge is 2.30. The Balaban J connectivity index is 2.71. The second-order valence-corrected chi connectivity index (χ2v) is 5.65. The minimum absolute atomic E-state index is 0.141. The van der Waals surface area contributed by atoms with E-state index in [0.717, 1.165) is 0 Å². The molecule has 0 amide bonds. The molecular formula is C15H24O2. The van der Waals surface area contributed by atoms with Crippen LogP contribution in [0.2, 0.25) is 0 Å². The van der Waals surface area contributed by atoms with Gasteiger partial charge in [0.05, 0.1) is 0 Å². The lowest BCUT2D eigenvalue weighted by Crippen LogP contribution is -2.26. The van der Waals surface area contributed by atoms with Crippen molar-refractivity contribution in [2.75, 3.05) is 0 Å². The van der Waals surface area contributed by atoms with Gasteiger partial charge >= 0.3 is 5.97 Å². The Kier molecular flexibility index (Phi) is 4.55. The van der Waals surface area contributed by atoms with Crippen LogP contribution in [0.25, 0.3) is 0 Å². The summed E-state index contributed by atoms with van der Waals surface area (Å²) in [6.45, 7) is 10.1. The van der Waals surface area contributed by atoms with Crippen LogP contribution in [-0.4, -0.2) is 12.1 Å². The summed E-state index contributed by atoms with van der Waals surface area (Å²) in [6, 6.07) is 0. The zero-order valence-corrected chi connectivity index (χ0v) is 11.6. The molecule has 2 nitrogen and oxygen atoms in total. The first-order chi connectivity index (χ1) is 7.83. The Morgan fingerprint density at radius 2 is 2.24 bits per heavy atom. The number of hydrogen-bond donors (Lipinski definition) is 0. The summed E-state index contributed by atoms with van der Waals surface area (Å²) in [5, 5.41) is 0. The molecule has 0 radical (unpaired) electrons. The van der Waals surface area contributed by atoms with E-state index in [1.807, 2.05) is 13.0 Å². The number of carbonyl (C=O) groups excluding carboxylic acids is 1. The van der Waals surface area contributed by atoms with Crippen molar-refractivity contribution in [1.29, 1.82) is 0 Å². The molecule has 0 bridgehead atoms. The van der Waals surface area contributed by atoms with Crippen molar-refractivity contribution in [3.05, 3.63) is 23.8 Å². The van der Waals surface area contributed by atoms with Crippen molar-refractivity contribution < 1.29 is 9.53 Å². The van der Waals surface area contributed by atoms with E-state index >= 15 is 0 Å². The van der Waals surface area contributed by atoms with Crippen LogP contribution in [0.4, 0.5) is 0 Å². The Hall–Kier alpha value is -1.05. The molecule has 0 N–H and O–H groups in total. The molecule has 0 unspecified atom stereocenters. The van der Waals surface area contributed by atoms with Gasteiger partial charge in [0, 0.05) is 12.8 Å². The van der Waals surface area contributed by atoms with Gasteiger partial charge in [0.2, 0.25) is 0 Å². The van der Waals surface area contributed by atoms with Crippen molar-refractivity contribution in [1.82, 2.24) is 0 Å². The van der Waals surface area contributed by atoms with E-state index in [9.17, 15) is 4.79 Å². The third kappa shape index (κ3) is 4.03. The van der Waals surface area contributed by atoms with Crippen LogP contribution in [0, 0.1) is 11.3 Å². The summed E-state index contributed by atoms with van der Waals surface area (Å²) in [4.78, 5) is 10.8. The molecule has 0 heterocycles. The third-order valence-corrected chi connectivity index (χ3v) is 3.51.